The second-order valence-corrected chi connectivity index (χ2v) is 3.22. The second kappa shape index (κ2) is 5.26. The van der Waals surface area contributed by atoms with Crippen molar-refractivity contribution in [2.75, 3.05) is 0 Å². The molecule has 0 fully saturated rings. The van der Waals surface area contributed by atoms with E-state index in [9.17, 15) is 5.11 Å². The summed E-state index contributed by atoms with van der Waals surface area (Å²) in [5.74, 6) is 2.36. The van der Waals surface area contributed by atoms with E-state index in [1.807, 2.05) is 43.3 Å². The van der Waals surface area contributed by atoms with E-state index >= 15 is 0 Å². The quantitative estimate of drug-likeness (QED) is 0.718. The van der Waals surface area contributed by atoms with Gasteiger partial charge in [-0.1, -0.05) is 42.5 Å². The first-order chi connectivity index (χ1) is 6.74. The molecule has 0 aliphatic heterocycles. The zero-order chi connectivity index (χ0) is 10.4. The maximum absolute atomic E-state index is 9.55. The largest absolute Gasteiger partial charge is 0.388 e. The average Bonchev–Trinajstić information content (AvgIpc) is 2.26. The van der Waals surface area contributed by atoms with Crippen LogP contribution in [0.4, 0.5) is 0 Å². The van der Waals surface area contributed by atoms with Crippen molar-refractivity contribution in [2.45, 2.75) is 13.0 Å². The molecule has 14 heavy (non-hydrogen) atoms. The summed E-state index contributed by atoms with van der Waals surface area (Å²) >= 11 is 0. The van der Waals surface area contributed by atoms with Crippen molar-refractivity contribution in [2.24, 2.45) is 5.92 Å². The monoisotopic (exact) mass is 186 g/mol. The Kier molecular flexibility index (Phi) is 3.97. The molecule has 1 heteroatoms. The summed E-state index contributed by atoms with van der Waals surface area (Å²) in [7, 11) is 0. The summed E-state index contributed by atoms with van der Waals surface area (Å²) in [6, 6.07) is 9.82. The molecule has 1 N–H and O–H groups in total. The Hall–Kier alpha value is -1.52. The zero-order valence-electron chi connectivity index (χ0n) is 8.22. The van der Waals surface area contributed by atoms with Gasteiger partial charge in [0, 0.05) is 5.92 Å². The molecule has 1 rings (SSSR count). The van der Waals surface area contributed by atoms with E-state index in [1.165, 1.54) is 0 Å². The number of hydrogen-bond donors (Lipinski definition) is 1. The number of aliphatic hydroxyl groups excluding tert-OH is 1. The normalized spacial score (nSPS) is 14.9. The third kappa shape index (κ3) is 3.08. The Morgan fingerprint density at radius 2 is 2.00 bits per heavy atom. The molecule has 0 spiro atoms. The summed E-state index contributed by atoms with van der Waals surface area (Å²) in [5.41, 5.74) is 1.07. The topological polar surface area (TPSA) is 20.2 Å². The summed E-state index contributed by atoms with van der Waals surface area (Å²) in [6.45, 7) is 1.82. The van der Waals surface area contributed by atoms with Gasteiger partial charge in [0.2, 0.25) is 0 Å². The third-order valence-electron chi connectivity index (χ3n) is 2.06. The standard InChI is InChI=1S/C13H14O/c1-3-11(2)13(14)10-9-12-7-5-4-6-8-12/h1,4-11,13-14H,2H3/b10-9+. The van der Waals surface area contributed by atoms with E-state index in [2.05, 4.69) is 5.92 Å². The Morgan fingerprint density at radius 3 is 2.57 bits per heavy atom. The molecule has 0 saturated carbocycles. The van der Waals surface area contributed by atoms with Crippen LogP contribution in [0.15, 0.2) is 36.4 Å². The van der Waals surface area contributed by atoms with Crippen LogP contribution in [0.2, 0.25) is 0 Å². The molecule has 0 amide bonds. The molecule has 1 aromatic rings. The van der Waals surface area contributed by atoms with Crippen molar-refractivity contribution in [3.05, 3.63) is 42.0 Å². The SMILES string of the molecule is C#CC(C)C(O)/C=C/c1ccccc1. The molecule has 1 nitrogen and oxygen atoms in total. The van der Waals surface area contributed by atoms with Gasteiger partial charge in [-0.3, -0.25) is 0 Å². The Morgan fingerprint density at radius 1 is 1.36 bits per heavy atom. The van der Waals surface area contributed by atoms with E-state index in [1.54, 1.807) is 6.08 Å². The highest BCUT2D eigenvalue weighted by Gasteiger charge is 2.06. The molecule has 0 radical (unpaired) electrons. The van der Waals surface area contributed by atoms with E-state index in [0.29, 0.717) is 0 Å². The maximum atomic E-state index is 9.55. The number of benzene rings is 1. The first kappa shape index (κ1) is 10.6. The first-order valence-electron chi connectivity index (χ1n) is 4.61. The fourth-order valence-electron chi connectivity index (χ4n) is 1.04. The van der Waals surface area contributed by atoms with Gasteiger partial charge in [0.15, 0.2) is 0 Å². The smallest absolute Gasteiger partial charge is 0.0858 e. The van der Waals surface area contributed by atoms with E-state index < -0.39 is 6.10 Å². The second-order valence-electron chi connectivity index (χ2n) is 3.22. The fraction of sp³-hybridized carbons (Fsp3) is 0.231. The van der Waals surface area contributed by atoms with Crippen LogP contribution in [-0.4, -0.2) is 11.2 Å². The Balaban J connectivity index is 2.61. The molecule has 0 heterocycles. The number of rotatable bonds is 3. The molecule has 2 unspecified atom stereocenters. The highest BCUT2D eigenvalue weighted by atomic mass is 16.3. The van der Waals surface area contributed by atoms with Crippen LogP contribution in [0.25, 0.3) is 6.08 Å². The molecular weight excluding hydrogens is 172 g/mol. The zero-order valence-corrected chi connectivity index (χ0v) is 8.22. The van der Waals surface area contributed by atoms with Crippen molar-refractivity contribution >= 4 is 6.08 Å². The predicted molar refractivity (Wildman–Crippen MR) is 59.5 cm³/mol. The van der Waals surface area contributed by atoms with Gasteiger partial charge in [-0.25, -0.2) is 0 Å². The lowest BCUT2D eigenvalue weighted by molar-refractivity contribution is 0.190. The molecule has 0 aliphatic carbocycles. The molecule has 72 valence electrons. The van der Waals surface area contributed by atoms with Crippen LogP contribution in [0.3, 0.4) is 0 Å². The molecule has 0 aliphatic rings. The minimum absolute atomic E-state index is 0.144. The van der Waals surface area contributed by atoms with Crippen LogP contribution < -0.4 is 0 Å². The average molecular weight is 186 g/mol. The van der Waals surface area contributed by atoms with Gasteiger partial charge in [0.1, 0.15) is 0 Å². The molecule has 2 atom stereocenters. The fourth-order valence-corrected chi connectivity index (χ4v) is 1.04. The lowest BCUT2D eigenvalue weighted by Gasteiger charge is -2.07. The lowest BCUT2D eigenvalue weighted by Crippen LogP contribution is -2.12. The molecular formula is C13H14O. The molecule has 0 saturated heterocycles. The van der Waals surface area contributed by atoms with Gasteiger partial charge in [0.05, 0.1) is 6.10 Å². The maximum Gasteiger partial charge on any atom is 0.0858 e. The van der Waals surface area contributed by atoms with Crippen molar-refractivity contribution in [3.8, 4) is 12.3 Å². The lowest BCUT2D eigenvalue weighted by atomic mass is 10.0. The van der Waals surface area contributed by atoms with Crippen LogP contribution >= 0.6 is 0 Å². The van der Waals surface area contributed by atoms with Gasteiger partial charge in [0.25, 0.3) is 0 Å². The Labute approximate surface area is 85.1 Å². The Bertz CT molecular complexity index is 332. The van der Waals surface area contributed by atoms with Gasteiger partial charge in [-0.2, -0.15) is 0 Å². The minimum Gasteiger partial charge on any atom is -0.388 e. The number of aliphatic hydroxyl groups is 1. The van der Waals surface area contributed by atoms with Gasteiger partial charge < -0.3 is 5.11 Å². The first-order valence-corrected chi connectivity index (χ1v) is 4.61. The highest BCUT2D eigenvalue weighted by molar-refractivity contribution is 5.49. The summed E-state index contributed by atoms with van der Waals surface area (Å²) in [6.07, 6.45) is 8.22. The molecule has 0 aromatic heterocycles. The van der Waals surface area contributed by atoms with Gasteiger partial charge in [-0.15, -0.1) is 12.3 Å². The van der Waals surface area contributed by atoms with E-state index in [4.69, 9.17) is 6.42 Å². The van der Waals surface area contributed by atoms with Crippen molar-refractivity contribution in [3.63, 3.8) is 0 Å². The van der Waals surface area contributed by atoms with Crippen LogP contribution in [0, 0.1) is 18.3 Å². The van der Waals surface area contributed by atoms with Gasteiger partial charge >= 0.3 is 0 Å². The van der Waals surface area contributed by atoms with E-state index in [-0.39, 0.29) is 5.92 Å². The highest BCUT2D eigenvalue weighted by Crippen LogP contribution is 2.06. The van der Waals surface area contributed by atoms with Crippen LogP contribution in [0.1, 0.15) is 12.5 Å². The summed E-state index contributed by atoms with van der Waals surface area (Å²) < 4.78 is 0. The van der Waals surface area contributed by atoms with Crippen LogP contribution in [0.5, 0.6) is 0 Å². The molecule has 1 aromatic carbocycles. The van der Waals surface area contributed by atoms with Crippen molar-refractivity contribution < 1.29 is 5.11 Å². The third-order valence-corrected chi connectivity index (χ3v) is 2.06. The predicted octanol–water partition coefficient (Wildman–Crippen LogP) is 2.33. The summed E-state index contributed by atoms with van der Waals surface area (Å²) in [4.78, 5) is 0. The minimum atomic E-state index is -0.569. The van der Waals surface area contributed by atoms with Crippen molar-refractivity contribution in [1.29, 1.82) is 0 Å². The van der Waals surface area contributed by atoms with Crippen LogP contribution in [-0.2, 0) is 0 Å². The number of terminal acetylenes is 1. The number of hydrogen-bond acceptors (Lipinski definition) is 1. The summed E-state index contributed by atoms with van der Waals surface area (Å²) in [5, 5.41) is 9.55. The van der Waals surface area contributed by atoms with E-state index in [0.717, 1.165) is 5.56 Å². The van der Waals surface area contributed by atoms with Crippen molar-refractivity contribution in [1.82, 2.24) is 0 Å². The molecule has 0 bridgehead atoms. The van der Waals surface area contributed by atoms with Gasteiger partial charge in [-0.05, 0) is 12.5 Å².